The number of fused-ring (bicyclic) bond motifs is 11. The summed E-state index contributed by atoms with van der Waals surface area (Å²) in [5, 5.41) is 6.85. The van der Waals surface area contributed by atoms with Crippen molar-refractivity contribution in [3.63, 3.8) is 0 Å². The molecule has 3 atom stereocenters. The molecule has 14 rings (SSSR count). The van der Waals surface area contributed by atoms with Gasteiger partial charge in [-0.25, -0.2) is 15.0 Å². The summed E-state index contributed by atoms with van der Waals surface area (Å²) in [4.78, 5) is 24.7. The minimum Gasteiger partial charge on any atom is -0.455 e. The van der Waals surface area contributed by atoms with Crippen LogP contribution in [0.5, 0.6) is 0 Å². The van der Waals surface area contributed by atoms with Crippen LogP contribution in [-0.4, -0.2) is 41.8 Å². The second-order valence-electron chi connectivity index (χ2n) is 18.5. The Morgan fingerprint density at radius 2 is 1.33 bits per heavy atom. The van der Waals surface area contributed by atoms with E-state index in [2.05, 4.69) is 177 Å². The number of benzene rings is 5. The maximum atomic E-state index is 7.38. The third kappa shape index (κ3) is 6.39. The first kappa shape index (κ1) is 39.7. The molecule has 330 valence electrons. The van der Waals surface area contributed by atoms with Gasteiger partial charge in [-0.1, -0.05) is 109 Å². The minimum absolute atomic E-state index is 0.0434. The van der Waals surface area contributed by atoms with Crippen molar-refractivity contribution in [2.75, 3.05) is 6.54 Å². The number of aromatic nitrogens is 6. The van der Waals surface area contributed by atoms with E-state index in [0.29, 0.717) is 24.0 Å². The first-order chi connectivity index (χ1) is 34.2. The van der Waals surface area contributed by atoms with Crippen molar-refractivity contribution in [2.45, 2.75) is 31.6 Å². The number of furan rings is 1. The lowest BCUT2D eigenvalue weighted by Crippen LogP contribution is -2.24. The molecule has 0 fully saturated rings. The molecule has 3 unspecified atom stereocenters. The molecule has 6 heterocycles. The summed E-state index contributed by atoms with van der Waals surface area (Å²) in [6, 6.07) is 41.6. The normalized spacial score (nSPS) is 19.3. The lowest BCUT2D eigenvalue weighted by molar-refractivity contribution is 0.485. The van der Waals surface area contributed by atoms with Gasteiger partial charge in [0.1, 0.15) is 17.0 Å². The van der Waals surface area contributed by atoms with Crippen molar-refractivity contribution in [3.05, 3.63) is 206 Å². The molecule has 1 aliphatic heterocycles. The van der Waals surface area contributed by atoms with Crippen LogP contribution in [0.15, 0.2) is 198 Å². The van der Waals surface area contributed by atoms with Gasteiger partial charge < -0.3 is 13.6 Å². The number of pyridine rings is 1. The van der Waals surface area contributed by atoms with Crippen LogP contribution in [0.3, 0.4) is 0 Å². The molecule has 8 nitrogen and oxygen atoms in total. The van der Waals surface area contributed by atoms with Crippen LogP contribution < -0.4 is 0 Å². The smallest absolute Gasteiger partial charge is 0.165 e. The second-order valence-corrected chi connectivity index (χ2v) is 18.5. The van der Waals surface area contributed by atoms with Crippen molar-refractivity contribution in [3.8, 4) is 11.4 Å². The van der Waals surface area contributed by atoms with Gasteiger partial charge in [0.05, 0.1) is 45.3 Å². The summed E-state index contributed by atoms with van der Waals surface area (Å²) in [6.07, 6.45) is 31.7. The molecule has 0 saturated carbocycles. The van der Waals surface area contributed by atoms with Gasteiger partial charge in [0.25, 0.3) is 0 Å². The zero-order valence-electron chi connectivity index (χ0n) is 37.8. The average molecular weight is 892 g/mol. The second kappa shape index (κ2) is 16.1. The van der Waals surface area contributed by atoms with Crippen LogP contribution in [0.1, 0.15) is 48.8 Å². The fourth-order valence-electron chi connectivity index (χ4n) is 11.5. The number of hydrogen-bond acceptors (Lipinski definition) is 6. The van der Waals surface area contributed by atoms with Crippen LogP contribution in [0.4, 0.5) is 0 Å². The van der Waals surface area contributed by atoms with Gasteiger partial charge in [-0.3, -0.25) is 9.98 Å². The molecule has 8 heteroatoms. The Hall–Kier alpha value is -8.49. The van der Waals surface area contributed by atoms with Crippen LogP contribution in [0.2, 0.25) is 0 Å². The molecule has 5 aromatic carbocycles. The third-order valence-corrected chi connectivity index (χ3v) is 14.6. The summed E-state index contributed by atoms with van der Waals surface area (Å²) >= 11 is 0. The van der Waals surface area contributed by atoms with Crippen molar-refractivity contribution >= 4 is 94.3 Å². The largest absolute Gasteiger partial charge is 0.455 e. The molecule has 10 aromatic rings. The van der Waals surface area contributed by atoms with E-state index in [1.807, 2.05) is 30.6 Å². The van der Waals surface area contributed by atoms with Crippen LogP contribution in [0, 0.1) is 11.8 Å². The van der Waals surface area contributed by atoms with E-state index in [1.165, 1.54) is 22.3 Å². The molecule has 0 saturated heterocycles. The van der Waals surface area contributed by atoms with Gasteiger partial charge in [0, 0.05) is 68.6 Å². The predicted molar refractivity (Wildman–Crippen MR) is 283 cm³/mol. The molecular formula is C61H45N7O. The van der Waals surface area contributed by atoms with Crippen molar-refractivity contribution < 1.29 is 4.42 Å². The molecular weight excluding hydrogens is 847 g/mol. The lowest BCUT2D eigenvalue weighted by atomic mass is 9.75. The number of nitrogens with zero attached hydrogens (tertiary/aromatic N) is 7. The fraction of sp³-hybridized carbons (Fsp3) is 0.131. The van der Waals surface area contributed by atoms with Gasteiger partial charge in [-0.2, -0.15) is 0 Å². The molecule has 4 aliphatic rings. The minimum atomic E-state index is -0.0628. The zero-order valence-corrected chi connectivity index (χ0v) is 37.8. The Balaban J connectivity index is 1.04. The summed E-state index contributed by atoms with van der Waals surface area (Å²) in [5.74, 6) is 2.19. The number of hydrogen-bond donors (Lipinski definition) is 0. The monoisotopic (exact) mass is 891 g/mol. The van der Waals surface area contributed by atoms with E-state index >= 15 is 0 Å². The number of para-hydroxylation sites is 2. The number of rotatable bonds is 7. The number of dihydropyridines is 1. The Kier molecular flexibility index (Phi) is 9.25. The van der Waals surface area contributed by atoms with Crippen molar-refractivity contribution in [1.29, 1.82) is 0 Å². The summed E-state index contributed by atoms with van der Waals surface area (Å²) < 4.78 is 12.3. The maximum Gasteiger partial charge on any atom is 0.165 e. The number of aliphatic imine (C=N–C) groups is 1. The zero-order chi connectivity index (χ0) is 45.4. The Labute approximate surface area is 398 Å². The average Bonchev–Trinajstić information content (AvgIpc) is 4.09. The Morgan fingerprint density at radius 3 is 2.04 bits per heavy atom. The van der Waals surface area contributed by atoms with Crippen LogP contribution >= 0.6 is 0 Å². The standard InChI is InChI=1S/C61H45N7O/c1-4-16-38(17-5-1)48-34-42(61-65-59(40-20-14-32-62-36-40)64-60(66-61)41-21-15-33-63-37-41)35-49(39-18-6-2-7-19-39)56(48)68-51-27-13-11-25-47(51)55-53(68)31-29-45-44-28-30-52-54(57(44)69-58(45)55)46-24-10-12-26-50(46)67(52)43-22-8-3-9-23-43/h1-2,4-8,10-18,20-34,36,39,41,49H,3,9,19,35,37H2. The summed E-state index contributed by atoms with van der Waals surface area (Å²) in [5.41, 5.74) is 13.1. The first-order valence-electron chi connectivity index (χ1n) is 24.1. The van der Waals surface area contributed by atoms with E-state index in [-0.39, 0.29) is 17.8 Å². The van der Waals surface area contributed by atoms with Gasteiger partial charge >= 0.3 is 0 Å². The molecule has 3 aliphatic carbocycles. The van der Waals surface area contributed by atoms with E-state index < -0.39 is 0 Å². The predicted octanol–water partition coefficient (Wildman–Crippen LogP) is 14.6. The highest BCUT2D eigenvalue weighted by atomic mass is 16.3. The van der Waals surface area contributed by atoms with Gasteiger partial charge in [-0.05, 0) is 109 Å². The summed E-state index contributed by atoms with van der Waals surface area (Å²) in [7, 11) is 0. The van der Waals surface area contributed by atoms with Gasteiger partial charge in [0.15, 0.2) is 11.6 Å². The highest BCUT2D eigenvalue weighted by Gasteiger charge is 2.35. The highest BCUT2D eigenvalue weighted by molar-refractivity contribution is 6.29. The quantitative estimate of drug-likeness (QED) is 0.159. The third-order valence-electron chi connectivity index (χ3n) is 14.6. The highest BCUT2D eigenvalue weighted by Crippen LogP contribution is 2.51. The fourth-order valence-corrected chi connectivity index (χ4v) is 11.5. The number of allylic oxidation sites excluding steroid dienone is 13. The van der Waals surface area contributed by atoms with Crippen molar-refractivity contribution in [2.24, 2.45) is 16.8 Å². The van der Waals surface area contributed by atoms with Crippen LogP contribution in [-0.2, 0) is 0 Å². The molecule has 0 N–H and O–H groups in total. The molecule has 0 spiro atoms. The van der Waals surface area contributed by atoms with Gasteiger partial charge in [-0.15, -0.1) is 0 Å². The SMILES string of the molecule is C1=CCC(C2CC(c3nc(-c4cccnc4)nc(C4C=CC=NC4)n3)=CC(c3ccccc3)=C2n2c3ccccc3c3c4oc5c(ccc6c5c5ccccc5n6C5=CCCC=C5)c4ccc32)C=C1. The van der Waals surface area contributed by atoms with Crippen LogP contribution in [0.25, 0.3) is 99.5 Å². The van der Waals surface area contributed by atoms with Crippen molar-refractivity contribution in [1.82, 2.24) is 29.1 Å². The molecule has 0 amide bonds. The van der Waals surface area contributed by atoms with E-state index in [9.17, 15) is 0 Å². The molecule has 69 heavy (non-hydrogen) atoms. The van der Waals surface area contributed by atoms with Gasteiger partial charge in [0.2, 0.25) is 0 Å². The van der Waals surface area contributed by atoms with E-state index in [0.717, 1.165) is 103 Å². The Morgan fingerprint density at radius 1 is 0.594 bits per heavy atom. The van der Waals surface area contributed by atoms with E-state index in [4.69, 9.17) is 19.4 Å². The topological polar surface area (TPSA) is 86.9 Å². The maximum absolute atomic E-state index is 7.38. The summed E-state index contributed by atoms with van der Waals surface area (Å²) in [6.45, 7) is 0.586. The lowest BCUT2D eigenvalue weighted by Gasteiger charge is -2.35. The molecule has 0 radical (unpaired) electrons. The molecule has 0 bridgehead atoms. The molecule has 5 aromatic heterocycles. The first-order valence-corrected chi connectivity index (χ1v) is 24.1. The van der Waals surface area contributed by atoms with E-state index in [1.54, 1.807) is 6.20 Å². The Bertz CT molecular complexity index is 4000.